The monoisotopic (exact) mass is 312 g/mol. The summed E-state index contributed by atoms with van der Waals surface area (Å²) < 4.78 is 0. The second-order valence-corrected chi connectivity index (χ2v) is 5.04. The van der Waals surface area contributed by atoms with Gasteiger partial charge in [0.15, 0.2) is 0 Å². The van der Waals surface area contributed by atoms with Crippen molar-refractivity contribution in [3.8, 4) is 0 Å². The van der Waals surface area contributed by atoms with Gasteiger partial charge in [0, 0.05) is 24.5 Å². The molecular formula is C17H20N4O2. The van der Waals surface area contributed by atoms with Gasteiger partial charge in [0.1, 0.15) is 5.69 Å². The fourth-order valence-corrected chi connectivity index (χ4v) is 1.94. The average molecular weight is 312 g/mol. The molecule has 2 heterocycles. The van der Waals surface area contributed by atoms with Crippen LogP contribution >= 0.6 is 0 Å². The van der Waals surface area contributed by atoms with Gasteiger partial charge in [0.25, 0.3) is 11.8 Å². The minimum absolute atomic E-state index is 0.195. The summed E-state index contributed by atoms with van der Waals surface area (Å²) in [5.74, 6) is -0.529. The Balaban J connectivity index is 1.95. The lowest BCUT2D eigenvalue weighted by Gasteiger charge is -2.07. The van der Waals surface area contributed by atoms with E-state index in [1.165, 1.54) is 12.3 Å². The fraction of sp³-hybridized carbons (Fsp3) is 0.294. The van der Waals surface area contributed by atoms with Gasteiger partial charge in [-0.2, -0.15) is 0 Å². The minimum Gasteiger partial charge on any atom is -0.352 e. The fourth-order valence-electron chi connectivity index (χ4n) is 1.94. The zero-order valence-corrected chi connectivity index (χ0v) is 13.1. The number of hydrogen-bond donors (Lipinski definition) is 2. The number of hydrogen-bond acceptors (Lipinski definition) is 4. The Labute approximate surface area is 135 Å². The van der Waals surface area contributed by atoms with Crippen molar-refractivity contribution < 1.29 is 9.59 Å². The molecule has 0 aliphatic rings. The highest BCUT2D eigenvalue weighted by atomic mass is 16.2. The molecule has 0 fully saturated rings. The number of pyridine rings is 2. The predicted molar refractivity (Wildman–Crippen MR) is 86.9 cm³/mol. The van der Waals surface area contributed by atoms with Gasteiger partial charge in [-0.1, -0.05) is 19.4 Å². The van der Waals surface area contributed by atoms with E-state index in [2.05, 4.69) is 27.5 Å². The van der Waals surface area contributed by atoms with Gasteiger partial charge >= 0.3 is 0 Å². The third-order valence-corrected chi connectivity index (χ3v) is 3.23. The molecule has 6 heteroatoms. The molecule has 0 saturated carbocycles. The zero-order chi connectivity index (χ0) is 16.5. The summed E-state index contributed by atoms with van der Waals surface area (Å²) in [7, 11) is 0. The van der Waals surface area contributed by atoms with Crippen molar-refractivity contribution in [2.45, 2.75) is 26.3 Å². The maximum atomic E-state index is 12.1. The SMILES string of the molecule is CCCCNC(=O)c1ccnc(C(=O)NCc2ccccn2)c1. The molecule has 0 aliphatic heterocycles. The number of rotatable bonds is 7. The van der Waals surface area contributed by atoms with Gasteiger partial charge in [-0.15, -0.1) is 0 Å². The normalized spacial score (nSPS) is 10.1. The second kappa shape index (κ2) is 8.63. The van der Waals surface area contributed by atoms with E-state index in [9.17, 15) is 9.59 Å². The lowest BCUT2D eigenvalue weighted by molar-refractivity contribution is 0.0945. The van der Waals surface area contributed by atoms with Crippen LogP contribution in [0.4, 0.5) is 0 Å². The number of nitrogens with zero attached hydrogens (tertiary/aromatic N) is 2. The van der Waals surface area contributed by atoms with Crippen molar-refractivity contribution in [1.82, 2.24) is 20.6 Å². The highest BCUT2D eigenvalue weighted by Gasteiger charge is 2.11. The summed E-state index contributed by atoms with van der Waals surface area (Å²) >= 11 is 0. The average Bonchev–Trinajstić information content (AvgIpc) is 2.61. The lowest BCUT2D eigenvalue weighted by Crippen LogP contribution is -2.27. The molecule has 0 aromatic carbocycles. The molecule has 0 saturated heterocycles. The van der Waals surface area contributed by atoms with Crippen LogP contribution < -0.4 is 10.6 Å². The van der Waals surface area contributed by atoms with Crippen LogP contribution in [0.5, 0.6) is 0 Å². The van der Waals surface area contributed by atoms with Gasteiger partial charge in [-0.3, -0.25) is 19.6 Å². The number of unbranched alkanes of at least 4 members (excludes halogenated alkanes) is 1. The summed E-state index contributed by atoms with van der Waals surface area (Å²) in [6, 6.07) is 8.58. The topological polar surface area (TPSA) is 84.0 Å². The molecular weight excluding hydrogens is 292 g/mol. The summed E-state index contributed by atoms with van der Waals surface area (Å²) in [5, 5.41) is 5.55. The van der Waals surface area contributed by atoms with Gasteiger partial charge in [-0.25, -0.2) is 0 Å². The van der Waals surface area contributed by atoms with E-state index in [0.29, 0.717) is 18.7 Å². The molecule has 0 bridgehead atoms. The predicted octanol–water partition coefficient (Wildman–Crippen LogP) is 1.94. The number of carbonyl (C=O) groups excluding carboxylic acids is 2. The Bertz CT molecular complexity index is 659. The second-order valence-electron chi connectivity index (χ2n) is 5.04. The molecule has 2 aromatic rings. The van der Waals surface area contributed by atoms with E-state index >= 15 is 0 Å². The molecule has 120 valence electrons. The maximum Gasteiger partial charge on any atom is 0.270 e. The first-order valence-electron chi connectivity index (χ1n) is 7.63. The van der Waals surface area contributed by atoms with Crippen LogP contribution in [0.1, 0.15) is 46.3 Å². The van der Waals surface area contributed by atoms with Crippen LogP contribution in [0.2, 0.25) is 0 Å². The van der Waals surface area contributed by atoms with Crippen molar-refractivity contribution >= 4 is 11.8 Å². The van der Waals surface area contributed by atoms with Crippen molar-refractivity contribution in [1.29, 1.82) is 0 Å². The molecule has 0 unspecified atom stereocenters. The molecule has 0 spiro atoms. The van der Waals surface area contributed by atoms with Crippen molar-refractivity contribution in [2.24, 2.45) is 0 Å². The van der Waals surface area contributed by atoms with Crippen molar-refractivity contribution in [3.63, 3.8) is 0 Å². The van der Waals surface area contributed by atoms with Crippen LogP contribution in [-0.2, 0) is 6.54 Å². The third kappa shape index (κ3) is 5.18. The largest absolute Gasteiger partial charge is 0.352 e. The molecule has 0 radical (unpaired) electrons. The third-order valence-electron chi connectivity index (χ3n) is 3.23. The first kappa shape index (κ1) is 16.6. The van der Waals surface area contributed by atoms with E-state index in [-0.39, 0.29) is 17.5 Å². The van der Waals surface area contributed by atoms with Crippen LogP contribution in [0.25, 0.3) is 0 Å². The maximum absolute atomic E-state index is 12.1. The summed E-state index contributed by atoms with van der Waals surface area (Å²) in [4.78, 5) is 32.3. The van der Waals surface area contributed by atoms with Crippen LogP contribution in [-0.4, -0.2) is 28.3 Å². The van der Waals surface area contributed by atoms with Gasteiger partial charge < -0.3 is 10.6 Å². The Morgan fingerprint density at radius 1 is 1.04 bits per heavy atom. The highest BCUT2D eigenvalue weighted by molar-refractivity contribution is 5.98. The van der Waals surface area contributed by atoms with Crippen LogP contribution in [0.15, 0.2) is 42.7 Å². The van der Waals surface area contributed by atoms with Crippen LogP contribution in [0.3, 0.4) is 0 Å². The van der Waals surface area contributed by atoms with E-state index in [4.69, 9.17) is 0 Å². The molecule has 2 aromatic heterocycles. The van der Waals surface area contributed by atoms with Gasteiger partial charge in [-0.05, 0) is 30.7 Å². The van der Waals surface area contributed by atoms with E-state index in [0.717, 1.165) is 18.5 Å². The molecule has 6 nitrogen and oxygen atoms in total. The standard InChI is InChI=1S/C17H20N4O2/c1-2-3-8-20-16(22)13-7-10-19-15(11-13)17(23)21-12-14-6-4-5-9-18-14/h4-7,9-11H,2-3,8,12H2,1H3,(H,20,22)(H,21,23). The van der Waals surface area contributed by atoms with E-state index < -0.39 is 0 Å². The smallest absolute Gasteiger partial charge is 0.270 e. The number of amides is 2. The quantitative estimate of drug-likeness (QED) is 0.765. The number of aromatic nitrogens is 2. The minimum atomic E-state index is -0.334. The first-order chi connectivity index (χ1) is 11.2. The Hall–Kier alpha value is -2.76. The summed E-state index contributed by atoms with van der Waals surface area (Å²) in [5.41, 5.74) is 1.40. The molecule has 2 rings (SSSR count). The van der Waals surface area contributed by atoms with Crippen molar-refractivity contribution in [3.05, 3.63) is 59.7 Å². The molecule has 0 aliphatic carbocycles. The summed E-state index contributed by atoms with van der Waals surface area (Å²) in [6.45, 7) is 3.00. The number of carbonyl (C=O) groups is 2. The zero-order valence-electron chi connectivity index (χ0n) is 13.1. The Kier molecular flexibility index (Phi) is 6.23. The molecule has 23 heavy (non-hydrogen) atoms. The molecule has 2 amide bonds. The van der Waals surface area contributed by atoms with Gasteiger partial charge in [0.05, 0.1) is 12.2 Å². The molecule has 0 atom stereocenters. The number of nitrogens with one attached hydrogen (secondary N) is 2. The first-order valence-corrected chi connectivity index (χ1v) is 7.63. The van der Waals surface area contributed by atoms with Gasteiger partial charge in [0.2, 0.25) is 0 Å². The Morgan fingerprint density at radius 2 is 1.91 bits per heavy atom. The van der Waals surface area contributed by atoms with E-state index in [1.807, 2.05) is 18.2 Å². The highest BCUT2D eigenvalue weighted by Crippen LogP contribution is 2.03. The van der Waals surface area contributed by atoms with Crippen LogP contribution in [0, 0.1) is 0 Å². The summed E-state index contributed by atoms with van der Waals surface area (Å²) in [6.07, 6.45) is 5.07. The van der Waals surface area contributed by atoms with Crippen molar-refractivity contribution in [2.75, 3.05) is 6.54 Å². The van der Waals surface area contributed by atoms with E-state index in [1.54, 1.807) is 12.3 Å². The Morgan fingerprint density at radius 3 is 2.65 bits per heavy atom. The molecule has 2 N–H and O–H groups in total. The lowest BCUT2D eigenvalue weighted by atomic mass is 10.2.